The summed E-state index contributed by atoms with van der Waals surface area (Å²) in [4.78, 5) is 11.0. The maximum atomic E-state index is 14.7. The van der Waals surface area contributed by atoms with Gasteiger partial charge in [0, 0.05) is 11.1 Å². The predicted octanol–water partition coefficient (Wildman–Crippen LogP) is 7.08. The first-order chi connectivity index (χ1) is 16.6. The monoisotopic (exact) mass is 480 g/mol. The maximum Gasteiger partial charge on any atom is 0.303 e. The molecule has 0 aliphatic heterocycles. The Bertz CT molecular complexity index is 1170. The lowest BCUT2D eigenvalue weighted by atomic mass is 9.98. The number of hydrogen-bond acceptors (Lipinski definition) is 4. The third-order valence-corrected chi connectivity index (χ3v) is 5.48. The Morgan fingerprint density at radius 1 is 0.971 bits per heavy atom. The van der Waals surface area contributed by atoms with Crippen LogP contribution in [0, 0.1) is 11.2 Å². The second kappa shape index (κ2) is 11.3. The quantitative estimate of drug-likeness (QED) is 0.336. The lowest BCUT2D eigenvalue weighted by Gasteiger charge is -2.21. The number of rotatable bonds is 10. The molecule has 3 aromatic carbocycles. The maximum absolute atomic E-state index is 14.7. The molecule has 0 spiro atoms. The van der Waals surface area contributed by atoms with Crippen LogP contribution >= 0.6 is 0 Å². The fourth-order valence-electron chi connectivity index (χ4n) is 3.59. The van der Waals surface area contributed by atoms with Gasteiger partial charge in [-0.15, -0.1) is 0 Å². The zero-order valence-corrected chi connectivity index (χ0v) is 20.9. The van der Waals surface area contributed by atoms with Gasteiger partial charge < -0.3 is 19.3 Å². The number of benzene rings is 3. The van der Waals surface area contributed by atoms with Crippen LogP contribution in [-0.4, -0.2) is 24.8 Å². The molecule has 0 amide bonds. The highest BCUT2D eigenvalue weighted by atomic mass is 19.1. The van der Waals surface area contributed by atoms with Gasteiger partial charge in [0.05, 0.1) is 20.1 Å². The van der Waals surface area contributed by atoms with E-state index in [4.69, 9.17) is 19.3 Å². The molecule has 0 aliphatic rings. The molecule has 1 N–H and O–H groups in total. The summed E-state index contributed by atoms with van der Waals surface area (Å²) >= 11 is 0. The molecule has 5 nitrogen and oxygen atoms in total. The second-order valence-corrected chi connectivity index (χ2v) is 9.89. The lowest BCUT2D eigenvalue weighted by molar-refractivity contribution is -0.137. The van der Waals surface area contributed by atoms with E-state index in [1.807, 2.05) is 49.4 Å². The normalized spacial score (nSPS) is 12.2. The van der Waals surface area contributed by atoms with E-state index < -0.39 is 5.97 Å². The average molecular weight is 481 g/mol. The summed E-state index contributed by atoms with van der Waals surface area (Å²) in [6, 6.07) is 17.7. The van der Waals surface area contributed by atoms with Gasteiger partial charge in [0.25, 0.3) is 0 Å². The molecule has 186 valence electrons. The van der Waals surface area contributed by atoms with Crippen molar-refractivity contribution in [3.63, 3.8) is 0 Å². The fraction of sp³-hybridized carbons (Fsp3) is 0.345. The highest BCUT2D eigenvalue weighted by molar-refractivity contribution is 5.72. The summed E-state index contributed by atoms with van der Waals surface area (Å²) in [7, 11) is 1.55. The van der Waals surface area contributed by atoms with Crippen molar-refractivity contribution in [1.82, 2.24) is 0 Å². The van der Waals surface area contributed by atoms with Crippen molar-refractivity contribution >= 4 is 5.97 Å². The van der Waals surface area contributed by atoms with Gasteiger partial charge >= 0.3 is 5.97 Å². The number of carbonyl (C=O) groups is 1. The molecule has 0 unspecified atom stereocenters. The number of hydrogen-bond donors (Lipinski definition) is 1. The standard InChI is InChI=1S/C29H33FO5/c1-19(13-28(31)32)21-7-6-8-23(15-21)34-17-20-9-11-24(27(14-20)35-18-29(2,3)4)25-16-22(33-5)10-12-26(25)30/h6-12,14-16,19H,13,17-18H2,1-5H3,(H,31,32)/t19-/m1/s1. The lowest BCUT2D eigenvalue weighted by Crippen LogP contribution is -2.17. The molecular weight excluding hydrogens is 447 g/mol. The van der Waals surface area contributed by atoms with Crippen LogP contribution in [-0.2, 0) is 11.4 Å². The van der Waals surface area contributed by atoms with Crippen LogP contribution in [0.5, 0.6) is 17.2 Å². The number of methoxy groups -OCH3 is 1. The van der Waals surface area contributed by atoms with Crippen LogP contribution in [0.15, 0.2) is 60.7 Å². The number of aliphatic carboxylic acids is 1. The van der Waals surface area contributed by atoms with Crippen molar-refractivity contribution in [2.24, 2.45) is 5.41 Å². The first-order valence-electron chi connectivity index (χ1n) is 11.6. The molecule has 1 atom stereocenters. The SMILES string of the molecule is COc1ccc(F)c(-c2ccc(COc3cccc([C@H](C)CC(=O)O)c3)cc2OCC(C)(C)C)c1. The Kier molecular flexibility index (Phi) is 8.39. The minimum atomic E-state index is -0.834. The minimum absolute atomic E-state index is 0.0558. The van der Waals surface area contributed by atoms with E-state index in [0.717, 1.165) is 11.1 Å². The van der Waals surface area contributed by atoms with Crippen molar-refractivity contribution in [2.45, 2.75) is 46.6 Å². The van der Waals surface area contributed by atoms with E-state index in [0.29, 0.717) is 35.0 Å². The Labute approximate surface area is 206 Å². The molecule has 0 aliphatic carbocycles. The van der Waals surface area contributed by atoms with Crippen LogP contribution < -0.4 is 14.2 Å². The summed E-state index contributed by atoms with van der Waals surface area (Å²) in [6.45, 7) is 8.84. The summed E-state index contributed by atoms with van der Waals surface area (Å²) in [5, 5.41) is 9.06. The number of ether oxygens (including phenoxy) is 3. The van der Waals surface area contributed by atoms with Crippen LogP contribution in [0.25, 0.3) is 11.1 Å². The van der Waals surface area contributed by atoms with Gasteiger partial charge in [-0.25, -0.2) is 4.39 Å². The first kappa shape index (κ1) is 26.1. The van der Waals surface area contributed by atoms with Gasteiger partial charge in [0.15, 0.2) is 0 Å². The van der Waals surface area contributed by atoms with Crippen molar-refractivity contribution in [3.05, 3.63) is 77.6 Å². The Morgan fingerprint density at radius 2 is 1.74 bits per heavy atom. The number of carboxylic acid groups (broad SMARTS) is 1. The Balaban J connectivity index is 1.86. The van der Waals surface area contributed by atoms with Crippen molar-refractivity contribution in [2.75, 3.05) is 13.7 Å². The van der Waals surface area contributed by atoms with E-state index in [1.165, 1.54) is 6.07 Å². The van der Waals surface area contributed by atoms with E-state index in [1.54, 1.807) is 19.2 Å². The zero-order chi connectivity index (χ0) is 25.6. The zero-order valence-electron chi connectivity index (χ0n) is 20.9. The van der Waals surface area contributed by atoms with Crippen LogP contribution in [0.4, 0.5) is 4.39 Å². The van der Waals surface area contributed by atoms with Crippen LogP contribution in [0.2, 0.25) is 0 Å². The van der Waals surface area contributed by atoms with Crippen molar-refractivity contribution in [1.29, 1.82) is 0 Å². The highest BCUT2D eigenvalue weighted by Crippen LogP contribution is 2.36. The van der Waals surface area contributed by atoms with Gasteiger partial charge in [-0.3, -0.25) is 4.79 Å². The summed E-state index contributed by atoms with van der Waals surface area (Å²) in [5.41, 5.74) is 2.73. The first-order valence-corrected chi connectivity index (χ1v) is 11.6. The molecule has 0 aromatic heterocycles. The second-order valence-electron chi connectivity index (χ2n) is 9.89. The smallest absolute Gasteiger partial charge is 0.303 e. The number of halogens is 1. The Hall–Kier alpha value is -3.54. The topological polar surface area (TPSA) is 65.0 Å². The third kappa shape index (κ3) is 7.47. The molecule has 0 saturated heterocycles. The molecule has 0 saturated carbocycles. The van der Waals surface area contributed by atoms with E-state index in [2.05, 4.69) is 20.8 Å². The van der Waals surface area contributed by atoms with Gasteiger partial charge in [0.2, 0.25) is 0 Å². The molecular formula is C29H33FO5. The van der Waals surface area contributed by atoms with Gasteiger partial charge in [-0.2, -0.15) is 0 Å². The van der Waals surface area contributed by atoms with Gasteiger partial charge in [-0.1, -0.05) is 52.0 Å². The Morgan fingerprint density at radius 3 is 2.43 bits per heavy atom. The fourth-order valence-corrected chi connectivity index (χ4v) is 3.59. The van der Waals surface area contributed by atoms with E-state index in [9.17, 15) is 9.18 Å². The van der Waals surface area contributed by atoms with Crippen LogP contribution in [0.3, 0.4) is 0 Å². The largest absolute Gasteiger partial charge is 0.497 e. The highest BCUT2D eigenvalue weighted by Gasteiger charge is 2.17. The molecule has 0 heterocycles. The molecule has 3 rings (SSSR count). The summed E-state index contributed by atoms with van der Waals surface area (Å²) in [6.07, 6.45) is 0.0558. The molecule has 0 radical (unpaired) electrons. The van der Waals surface area contributed by atoms with Gasteiger partial charge in [0.1, 0.15) is 29.7 Å². The van der Waals surface area contributed by atoms with Crippen LogP contribution in [0.1, 0.15) is 51.2 Å². The molecule has 0 bridgehead atoms. The molecule has 6 heteroatoms. The van der Waals surface area contributed by atoms with Gasteiger partial charge in [-0.05, 0) is 58.9 Å². The predicted molar refractivity (Wildman–Crippen MR) is 135 cm³/mol. The number of carboxylic acids is 1. The van der Waals surface area contributed by atoms with Crippen molar-refractivity contribution < 1.29 is 28.5 Å². The summed E-state index contributed by atoms with van der Waals surface area (Å²) in [5.74, 6) is 0.469. The average Bonchev–Trinajstić information content (AvgIpc) is 2.81. The third-order valence-electron chi connectivity index (χ3n) is 5.48. The molecule has 0 fully saturated rings. The van der Waals surface area contributed by atoms with Crippen molar-refractivity contribution in [3.8, 4) is 28.4 Å². The molecule has 3 aromatic rings. The minimum Gasteiger partial charge on any atom is -0.497 e. The molecule has 35 heavy (non-hydrogen) atoms. The van der Waals surface area contributed by atoms with E-state index in [-0.39, 0.29) is 30.2 Å². The summed E-state index contributed by atoms with van der Waals surface area (Å²) < 4.78 is 32.2. The van der Waals surface area contributed by atoms with E-state index >= 15 is 0 Å².